The van der Waals surface area contributed by atoms with E-state index in [9.17, 15) is 4.79 Å². The lowest BCUT2D eigenvalue weighted by molar-refractivity contribution is -0.129. The Bertz CT molecular complexity index is 1010. The zero-order chi connectivity index (χ0) is 19.7. The number of rotatable bonds is 5. The summed E-state index contributed by atoms with van der Waals surface area (Å²) >= 11 is 0. The quantitative estimate of drug-likeness (QED) is 0.679. The molecule has 0 aliphatic carbocycles. The third-order valence-electron chi connectivity index (χ3n) is 5.75. The molecule has 1 fully saturated rings. The van der Waals surface area contributed by atoms with Gasteiger partial charge in [0.1, 0.15) is 0 Å². The lowest BCUT2D eigenvalue weighted by atomic mass is 10.0. The standard InChI is InChI=1S/C23H26N2O3/c1-24-19-7-5-4-6-17(19)14-20(24)18-10-11-25(15-18)23(26)13-16-8-9-21(27-2)22(12-16)28-3/h4-9,12,14,18H,10-11,13,15H2,1-3H3. The molecule has 1 atom stereocenters. The number of carbonyl (C=O) groups is 1. The van der Waals surface area contributed by atoms with Crippen LogP contribution in [0, 0.1) is 0 Å². The smallest absolute Gasteiger partial charge is 0.227 e. The van der Waals surface area contributed by atoms with E-state index in [2.05, 4.69) is 41.9 Å². The zero-order valence-corrected chi connectivity index (χ0v) is 16.6. The van der Waals surface area contributed by atoms with Crippen molar-refractivity contribution in [3.63, 3.8) is 0 Å². The van der Waals surface area contributed by atoms with Crippen molar-refractivity contribution in [2.45, 2.75) is 18.8 Å². The van der Waals surface area contributed by atoms with Crippen LogP contribution in [-0.4, -0.2) is 42.7 Å². The Morgan fingerprint density at radius 2 is 1.86 bits per heavy atom. The summed E-state index contributed by atoms with van der Waals surface area (Å²) in [5.74, 6) is 1.87. The topological polar surface area (TPSA) is 43.7 Å². The molecular weight excluding hydrogens is 352 g/mol. The molecule has 1 aliphatic heterocycles. The second-order valence-electron chi connectivity index (χ2n) is 7.38. The summed E-state index contributed by atoms with van der Waals surface area (Å²) in [5, 5.41) is 1.26. The van der Waals surface area contributed by atoms with E-state index < -0.39 is 0 Å². The second kappa shape index (κ2) is 7.58. The number of aromatic nitrogens is 1. The number of methoxy groups -OCH3 is 2. The van der Waals surface area contributed by atoms with Crippen molar-refractivity contribution >= 4 is 16.8 Å². The zero-order valence-electron chi connectivity index (χ0n) is 16.6. The average Bonchev–Trinajstić information content (AvgIpc) is 3.33. The summed E-state index contributed by atoms with van der Waals surface area (Å²) < 4.78 is 12.9. The molecule has 1 aromatic heterocycles. The molecule has 4 rings (SSSR count). The van der Waals surface area contributed by atoms with E-state index in [0.717, 1.165) is 25.1 Å². The highest BCUT2D eigenvalue weighted by Crippen LogP contribution is 2.32. The van der Waals surface area contributed by atoms with Crippen molar-refractivity contribution in [1.29, 1.82) is 0 Å². The number of carbonyl (C=O) groups excluding carboxylic acids is 1. The van der Waals surface area contributed by atoms with Crippen LogP contribution in [0.1, 0.15) is 23.6 Å². The van der Waals surface area contributed by atoms with Crippen molar-refractivity contribution in [3.05, 3.63) is 59.8 Å². The van der Waals surface area contributed by atoms with Gasteiger partial charge in [0, 0.05) is 37.3 Å². The van der Waals surface area contributed by atoms with Crippen LogP contribution in [0.15, 0.2) is 48.5 Å². The van der Waals surface area contributed by atoms with Gasteiger partial charge in [-0.05, 0) is 41.6 Å². The molecule has 3 aromatic rings. The molecule has 2 heterocycles. The molecule has 0 N–H and O–H groups in total. The van der Waals surface area contributed by atoms with Crippen LogP contribution in [-0.2, 0) is 18.3 Å². The molecule has 5 nitrogen and oxygen atoms in total. The monoisotopic (exact) mass is 378 g/mol. The minimum Gasteiger partial charge on any atom is -0.493 e. The van der Waals surface area contributed by atoms with Gasteiger partial charge in [-0.1, -0.05) is 24.3 Å². The van der Waals surface area contributed by atoms with Crippen molar-refractivity contribution in [2.24, 2.45) is 7.05 Å². The SMILES string of the molecule is COc1ccc(CC(=O)N2CCC(c3cc4ccccc4n3C)C2)cc1OC. The maximum Gasteiger partial charge on any atom is 0.227 e. The minimum absolute atomic E-state index is 0.161. The number of hydrogen-bond acceptors (Lipinski definition) is 3. The van der Waals surface area contributed by atoms with E-state index in [-0.39, 0.29) is 5.91 Å². The first-order valence-corrected chi connectivity index (χ1v) is 9.63. The van der Waals surface area contributed by atoms with Crippen molar-refractivity contribution in [1.82, 2.24) is 9.47 Å². The van der Waals surface area contributed by atoms with E-state index in [1.165, 1.54) is 16.6 Å². The van der Waals surface area contributed by atoms with Crippen molar-refractivity contribution in [2.75, 3.05) is 27.3 Å². The van der Waals surface area contributed by atoms with Gasteiger partial charge in [0.15, 0.2) is 11.5 Å². The van der Waals surface area contributed by atoms with Crippen LogP contribution in [0.5, 0.6) is 11.5 Å². The van der Waals surface area contributed by atoms with Crippen molar-refractivity contribution < 1.29 is 14.3 Å². The van der Waals surface area contributed by atoms with E-state index in [1.54, 1.807) is 14.2 Å². The van der Waals surface area contributed by atoms with Crippen LogP contribution in [0.2, 0.25) is 0 Å². The molecular formula is C23H26N2O3. The molecule has 2 aromatic carbocycles. The molecule has 1 amide bonds. The summed E-state index contributed by atoms with van der Waals surface area (Å²) in [7, 11) is 5.34. The lowest BCUT2D eigenvalue weighted by Gasteiger charge is -2.18. The summed E-state index contributed by atoms with van der Waals surface area (Å²) in [6.07, 6.45) is 1.38. The molecule has 0 bridgehead atoms. The van der Waals surface area contributed by atoms with E-state index in [0.29, 0.717) is 23.8 Å². The van der Waals surface area contributed by atoms with Crippen molar-refractivity contribution in [3.8, 4) is 11.5 Å². The molecule has 1 saturated heterocycles. The molecule has 28 heavy (non-hydrogen) atoms. The highest BCUT2D eigenvalue weighted by molar-refractivity contribution is 5.82. The number of likely N-dealkylation sites (tertiary alicyclic amines) is 1. The fourth-order valence-corrected chi connectivity index (χ4v) is 4.21. The Morgan fingerprint density at radius 1 is 1.07 bits per heavy atom. The first-order valence-electron chi connectivity index (χ1n) is 9.63. The number of aryl methyl sites for hydroxylation is 1. The molecule has 1 unspecified atom stereocenters. The van der Waals surface area contributed by atoms with Crippen LogP contribution < -0.4 is 9.47 Å². The predicted molar refractivity (Wildman–Crippen MR) is 110 cm³/mol. The summed E-state index contributed by atoms with van der Waals surface area (Å²) in [5.41, 5.74) is 3.49. The summed E-state index contributed by atoms with van der Waals surface area (Å²) in [6.45, 7) is 1.58. The fraction of sp³-hybridized carbons (Fsp3) is 0.348. The number of nitrogens with zero attached hydrogens (tertiary/aromatic N) is 2. The van der Waals surface area contributed by atoms with Gasteiger partial charge in [-0.2, -0.15) is 0 Å². The fourth-order valence-electron chi connectivity index (χ4n) is 4.21. The highest BCUT2D eigenvalue weighted by atomic mass is 16.5. The number of para-hydroxylation sites is 1. The third-order valence-corrected chi connectivity index (χ3v) is 5.75. The van der Waals surface area contributed by atoms with Crippen LogP contribution in [0.25, 0.3) is 10.9 Å². The molecule has 0 radical (unpaired) electrons. The van der Waals surface area contributed by atoms with Crippen LogP contribution in [0.3, 0.4) is 0 Å². The summed E-state index contributed by atoms with van der Waals surface area (Å²) in [6, 6.07) is 16.4. The Labute approximate surface area is 165 Å². The van der Waals surface area contributed by atoms with E-state index in [4.69, 9.17) is 9.47 Å². The number of benzene rings is 2. The maximum atomic E-state index is 12.8. The largest absolute Gasteiger partial charge is 0.493 e. The third kappa shape index (κ3) is 3.33. The maximum absolute atomic E-state index is 12.8. The molecule has 5 heteroatoms. The Kier molecular flexibility index (Phi) is 4.99. The first kappa shape index (κ1) is 18.4. The van der Waals surface area contributed by atoms with Gasteiger partial charge < -0.3 is 18.9 Å². The lowest BCUT2D eigenvalue weighted by Crippen LogP contribution is -2.30. The first-order chi connectivity index (χ1) is 13.6. The number of amides is 1. The minimum atomic E-state index is 0.161. The van der Waals surface area contributed by atoms with Crippen LogP contribution >= 0.6 is 0 Å². The highest BCUT2D eigenvalue weighted by Gasteiger charge is 2.29. The average molecular weight is 378 g/mol. The predicted octanol–water partition coefficient (Wildman–Crippen LogP) is 3.75. The number of ether oxygens (including phenoxy) is 2. The Balaban J connectivity index is 1.46. The van der Waals surface area contributed by atoms with E-state index in [1.807, 2.05) is 23.1 Å². The Morgan fingerprint density at radius 3 is 2.61 bits per heavy atom. The van der Waals surface area contributed by atoms with Gasteiger partial charge >= 0.3 is 0 Å². The second-order valence-corrected chi connectivity index (χ2v) is 7.38. The molecule has 146 valence electrons. The molecule has 0 spiro atoms. The van der Waals surface area contributed by atoms with Gasteiger partial charge in [-0.3, -0.25) is 4.79 Å². The van der Waals surface area contributed by atoms with Gasteiger partial charge in [0.2, 0.25) is 5.91 Å². The van der Waals surface area contributed by atoms with Gasteiger partial charge in [0.05, 0.1) is 20.6 Å². The van der Waals surface area contributed by atoms with Crippen LogP contribution in [0.4, 0.5) is 0 Å². The normalized spacial score (nSPS) is 16.5. The number of fused-ring (bicyclic) bond motifs is 1. The van der Waals surface area contributed by atoms with Gasteiger partial charge in [-0.25, -0.2) is 0 Å². The molecule has 0 saturated carbocycles. The van der Waals surface area contributed by atoms with Gasteiger partial charge in [-0.15, -0.1) is 0 Å². The molecule has 1 aliphatic rings. The Hall–Kier alpha value is -2.95. The van der Waals surface area contributed by atoms with Gasteiger partial charge in [0.25, 0.3) is 0 Å². The van der Waals surface area contributed by atoms with E-state index >= 15 is 0 Å². The summed E-state index contributed by atoms with van der Waals surface area (Å²) in [4.78, 5) is 14.8. The number of hydrogen-bond donors (Lipinski definition) is 0.